The normalized spacial score (nSPS) is 10.0. The number of ketones is 1. The van der Waals surface area contributed by atoms with Gasteiger partial charge in [-0.1, -0.05) is 6.92 Å². The molecule has 3 nitrogen and oxygen atoms in total. The molecule has 0 saturated carbocycles. The Bertz CT molecular complexity index is 252. The Labute approximate surface area is 66.1 Å². The number of nitrogens with zero attached hydrogens (tertiary/aromatic N) is 2. The fourth-order valence-corrected chi connectivity index (χ4v) is 1.04. The lowest BCUT2D eigenvalue weighted by molar-refractivity contribution is -0.117. The molecule has 0 unspecified atom stereocenters. The zero-order valence-corrected chi connectivity index (χ0v) is 6.87. The summed E-state index contributed by atoms with van der Waals surface area (Å²) in [7, 11) is 0. The highest BCUT2D eigenvalue weighted by atomic mass is 16.1. The molecule has 1 heterocycles. The minimum Gasteiger partial charge on any atom is -0.328 e. The first-order chi connectivity index (χ1) is 5.24. The summed E-state index contributed by atoms with van der Waals surface area (Å²) in [5.74, 6) is 1.14. The van der Waals surface area contributed by atoms with Gasteiger partial charge in [0.25, 0.3) is 0 Å². The van der Waals surface area contributed by atoms with E-state index in [1.807, 2.05) is 17.7 Å². The fraction of sp³-hybridized carbons (Fsp3) is 0.500. The highest BCUT2D eigenvalue weighted by molar-refractivity contribution is 5.75. The predicted molar refractivity (Wildman–Crippen MR) is 42.3 cm³/mol. The highest BCUT2D eigenvalue weighted by Crippen LogP contribution is 1.97. The average Bonchev–Trinajstić information content (AvgIpc) is 2.34. The van der Waals surface area contributed by atoms with Crippen LogP contribution in [-0.2, 0) is 17.8 Å². The Morgan fingerprint density at radius 2 is 2.45 bits per heavy atom. The molecule has 3 heteroatoms. The maximum Gasteiger partial charge on any atom is 0.149 e. The molecule has 0 fully saturated rings. The molecule has 1 aromatic rings. The number of Topliss-reactive ketones (excluding diaryl/α,β-unsaturated/α-hetero) is 1. The van der Waals surface area contributed by atoms with Crippen LogP contribution in [0.5, 0.6) is 0 Å². The van der Waals surface area contributed by atoms with Crippen molar-refractivity contribution in [1.29, 1.82) is 0 Å². The second-order valence-electron chi connectivity index (χ2n) is 2.53. The van der Waals surface area contributed by atoms with Crippen molar-refractivity contribution in [3.05, 3.63) is 18.2 Å². The summed E-state index contributed by atoms with van der Waals surface area (Å²) in [4.78, 5) is 14.8. The van der Waals surface area contributed by atoms with Crippen LogP contribution in [-0.4, -0.2) is 15.3 Å². The van der Waals surface area contributed by atoms with Crippen molar-refractivity contribution in [2.75, 3.05) is 0 Å². The first-order valence-electron chi connectivity index (χ1n) is 3.73. The number of hydrogen-bond donors (Lipinski definition) is 0. The third-order valence-electron chi connectivity index (χ3n) is 1.51. The van der Waals surface area contributed by atoms with Crippen LogP contribution in [0, 0.1) is 0 Å². The smallest absolute Gasteiger partial charge is 0.149 e. The SMILES string of the molecule is CCc1nccn1CC(C)=O. The molecule has 0 aliphatic heterocycles. The zero-order chi connectivity index (χ0) is 8.27. The molecule has 0 saturated heterocycles. The van der Waals surface area contributed by atoms with Gasteiger partial charge in [-0.25, -0.2) is 4.98 Å². The lowest BCUT2D eigenvalue weighted by Gasteiger charge is -2.01. The summed E-state index contributed by atoms with van der Waals surface area (Å²) in [5, 5.41) is 0. The molecule has 0 N–H and O–H groups in total. The van der Waals surface area contributed by atoms with Crippen LogP contribution >= 0.6 is 0 Å². The lowest BCUT2D eigenvalue weighted by Crippen LogP contribution is -2.08. The van der Waals surface area contributed by atoms with E-state index in [2.05, 4.69) is 4.98 Å². The van der Waals surface area contributed by atoms with E-state index >= 15 is 0 Å². The van der Waals surface area contributed by atoms with E-state index in [1.54, 1.807) is 13.1 Å². The van der Waals surface area contributed by atoms with E-state index < -0.39 is 0 Å². The zero-order valence-electron chi connectivity index (χ0n) is 6.87. The third kappa shape index (κ3) is 1.90. The molecule has 0 aliphatic rings. The molecule has 0 atom stereocenters. The van der Waals surface area contributed by atoms with E-state index in [-0.39, 0.29) is 5.78 Å². The van der Waals surface area contributed by atoms with Crippen LogP contribution in [0.15, 0.2) is 12.4 Å². The molecule has 0 amide bonds. The molecule has 0 aliphatic carbocycles. The number of rotatable bonds is 3. The van der Waals surface area contributed by atoms with Gasteiger partial charge in [0.2, 0.25) is 0 Å². The maximum atomic E-state index is 10.7. The molecular formula is C8H12N2O. The molecule has 60 valence electrons. The Morgan fingerprint density at radius 1 is 1.73 bits per heavy atom. The highest BCUT2D eigenvalue weighted by Gasteiger charge is 2.00. The molecule has 0 bridgehead atoms. The summed E-state index contributed by atoms with van der Waals surface area (Å²) in [5.41, 5.74) is 0. The van der Waals surface area contributed by atoms with E-state index in [0.717, 1.165) is 12.2 Å². The van der Waals surface area contributed by atoms with Gasteiger partial charge in [-0.2, -0.15) is 0 Å². The standard InChI is InChI=1S/C8H12N2O/c1-3-8-9-4-5-10(8)6-7(2)11/h4-5H,3,6H2,1-2H3. The summed E-state index contributed by atoms with van der Waals surface area (Å²) >= 11 is 0. The van der Waals surface area contributed by atoms with Crippen LogP contribution in [0.4, 0.5) is 0 Å². The van der Waals surface area contributed by atoms with E-state index in [4.69, 9.17) is 0 Å². The Morgan fingerprint density at radius 3 is 3.00 bits per heavy atom. The van der Waals surface area contributed by atoms with Crippen molar-refractivity contribution in [2.24, 2.45) is 0 Å². The molecule has 0 radical (unpaired) electrons. The minimum atomic E-state index is 0.165. The van der Waals surface area contributed by atoms with Crippen molar-refractivity contribution < 1.29 is 4.79 Å². The molecule has 0 aromatic carbocycles. The second-order valence-corrected chi connectivity index (χ2v) is 2.53. The van der Waals surface area contributed by atoms with Crippen LogP contribution in [0.1, 0.15) is 19.7 Å². The molecule has 0 spiro atoms. The monoisotopic (exact) mass is 152 g/mol. The number of carbonyl (C=O) groups excluding carboxylic acids is 1. The summed E-state index contributed by atoms with van der Waals surface area (Å²) in [6.45, 7) is 4.06. The molecular weight excluding hydrogens is 140 g/mol. The Kier molecular flexibility index (Phi) is 2.41. The largest absolute Gasteiger partial charge is 0.328 e. The van der Waals surface area contributed by atoms with Crippen LogP contribution in [0.2, 0.25) is 0 Å². The van der Waals surface area contributed by atoms with Gasteiger partial charge in [0, 0.05) is 18.8 Å². The van der Waals surface area contributed by atoms with E-state index in [9.17, 15) is 4.79 Å². The van der Waals surface area contributed by atoms with Crippen LogP contribution in [0.3, 0.4) is 0 Å². The molecule has 11 heavy (non-hydrogen) atoms. The number of imidazole rings is 1. The second kappa shape index (κ2) is 3.32. The Balaban J connectivity index is 2.76. The Hall–Kier alpha value is -1.12. The topological polar surface area (TPSA) is 34.9 Å². The van der Waals surface area contributed by atoms with E-state index in [1.165, 1.54) is 0 Å². The minimum absolute atomic E-state index is 0.165. The summed E-state index contributed by atoms with van der Waals surface area (Å²) in [6, 6.07) is 0. The van der Waals surface area contributed by atoms with Crippen molar-refractivity contribution in [2.45, 2.75) is 26.8 Å². The van der Waals surface area contributed by atoms with E-state index in [0.29, 0.717) is 6.54 Å². The predicted octanol–water partition coefficient (Wildman–Crippen LogP) is 1.03. The van der Waals surface area contributed by atoms with Gasteiger partial charge in [0.05, 0.1) is 6.54 Å². The van der Waals surface area contributed by atoms with Gasteiger partial charge in [-0.05, 0) is 6.92 Å². The van der Waals surface area contributed by atoms with Gasteiger partial charge < -0.3 is 4.57 Å². The number of carbonyl (C=O) groups is 1. The fourth-order valence-electron chi connectivity index (χ4n) is 1.04. The van der Waals surface area contributed by atoms with Gasteiger partial charge in [-0.3, -0.25) is 4.79 Å². The molecule has 1 aromatic heterocycles. The van der Waals surface area contributed by atoms with Gasteiger partial charge in [0.15, 0.2) is 0 Å². The number of aryl methyl sites for hydroxylation is 1. The van der Waals surface area contributed by atoms with Gasteiger partial charge in [-0.15, -0.1) is 0 Å². The van der Waals surface area contributed by atoms with Crippen molar-refractivity contribution >= 4 is 5.78 Å². The summed E-state index contributed by atoms with van der Waals surface area (Å²) in [6.07, 6.45) is 4.43. The maximum absolute atomic E-state index is 10.7. The van der Waals surface area contributed by atoms with Crippen molar-refractivity contribution in [3.8, 4) is 0 Å². The molecule has 1 rings (SSSR count). The lowest BCUT2D eigenvalue weighted by atomic mass is 10.4. The number of aromatic nitrogens is 2. The third-order valence-corrected chi connectivity index (χ3v) is 1.51. The average molecular weight is 152 g/mol. The van der Waals surface area contributed by atoms with Crippen LogP contribution < -0.4 is 0 Å². The van der Waals surface area contributed by atoms with Crippen LogP contribution in [0.25, 0.3) is 0 Å². The summed E-state index contributed by atoms with van der Waals surface area (Å²) < 4.78 is 1.88. The quantitative estimate of drug-likeness (QED) is 0.648. The first-order valence-corrected chi connectivity index (χ1v) is 3.73. The van der Waals surface area contributed by atoms with Gasteiger partial charge >= 0.3 is 0 Å². The van der Waals surface area contributed by atoms with Gasteiger partial charge in [0.1, 0.15) is 11.6 Å². The first kappa shape index (κ1) is 7.98. The number of hydrogen-bond acceptors (Lipinski definition) is 2. The van der Waals surface area contributed by atoms with Crippen molar-refractivity contribution in [3.63, 3.8) is 0 Å². The van der Waals surface area contributed by atoms with Crippen molar-refractivity contribution in [1.82, 2.24) is 9.55 Å².